The fourth-order valence-electron chi connectivity index (χ4n) is 2.20. The molecular weight excluding hydrogens is 208 g/mol. The minimum atomic E-state index is -1.71. The van der Waals surface area contributed by atoms with E-state index < -0.39 is 17.5 Å². The van der Waals surface area contributed by atoms with Gasteiger partial charge < -0.3 is 14.9 Å². The minimum Gasteiger partial charge on any atom is -0.497 e. The van der Waals surface area contributed by atoms with Crippen LogP contribution >= 0.6 is 0 Å². The van der Waals surface area contributed by atoms with Crippen LogP contribution in [-0.4, -0.2) is 34.3 Å². The van der Waals surface area contributed by atoms with Crippen molar-refractivity contribution in [3.05, 3.63) is 23.0 Å². The van der Waals surface area contributed by atoms with E-state index in [1.54, 1.807) is 0 Å². The molecule has 4 nitrogen and oxygen atoms in total. The molecule has 2 N–H and O–H groups in total. The molecule has 0 saturated heterocycles. The molecule has 2 rings (SSSR count). The molecule has 2 aliphatic rings. The summed E-state index contributed by atoms with van der Waals surface area (Å²) in [6, 6.07) is 0. The van der Waals surface area contributed by atoms with Crippen molar-refractivity contribution in [2.45, 2.75) is 32.5 Å². The number of carbonyl (C=O) groups is 1. The van der Waals surface area contributed by atoms with Crippen LogP contribution in [0.25, 0.3) is 0 Å². The summed E-state index contributed by atoms with van der Waals surface area (Å²) in [6.45, 7) is 5.33. The summed E-state index contributed by atoms with van der Waals surface area (Å²) in [4.78, 5) is 11.7. The number of ketones is 1. The molecular formula is C12H16O4. The molecule has 88 valence electrons. The lowest BCUT2D eigenvalue weighted by Crippen LogP contribution is -2.54. The van der Waals surface area contributed by atoms with Crippen molar-refractivity contribution < 1.29 is 19.7 Å². The summed E-state index contributed by atoms with van der Waals surface area (Å²) >= 11 is 0. The van der Waals surface area contributed by atoms with Crippen LogP contribution in [0, 0.1) is 5.92 Å². The number of allylic oxidation sites excluding steroid dienone is 2. The number of hydrogen-bond acceptors (Lipinski definition) is 4. The summed E-state index contributed by atoms with van der Waals surface area (Å²) in [7, 11) is 0. The Morgan fingerprint density at radius 2 is 2.12 bits per heavy atom. The number of fused-ring (bicyclic) bond motifs is 1. The van der Waals surface area contributed by atoms with Gasteiger partial charge in [0.15, 0.2) is 11.4 Å². The van der Waals surface area contributed by atoms with Gasteiger partial charge >= 0.3 is 0 Å². The first-order chi connectivity index (χ1) is 7.35. The first-order valence-corrected chi connectivity index (χ1v) is 5.33. The zero-order valence-corrected chi connectivity index (χ0v) is 9.65. The highest BCUT2D eigenvalue weighted by Gasteiger charge is 2.48. The topological polar surface area (TPSA) is 66.8 Å². The van der Waals surface area contributed by atoms with Crippen LogP contribution in [0.15, 0.2) is 23.0 Å². The van der Waals surface area contributed by atoms with Gasteiger partial charge in [0.2, 0.25) is 0 Å². The second kappa shape index (κ2) is 3.43. The quantitative estimate of drug-likeness (QED) is 0.630. The molecule has 0 unspecified atom stereocenters. The van der Waals surface area contributed by atoms with Crippen molar-refractivity contribution in [1.29, 1.82) is 0 Å². The van der Waals surface area contributed by atoms with E-state index in [1.165, 1.54) is 13.0 Å². The molecule has 0 aromatic rings. The van der Waals surface area contributed by atoms with Gasteiger partial charge in [-0.3, -0.25) is 4.79 Å². The Balaban J connectivity index is 2.51. The second-order valence-corrected chi connectivity index (χ2v) is 4.65. The molecule has 0 aromatic carbocycles. The monoisotopic (exact) mass is 224 g/mol. The standard InChI is InChI=1S/C12H16O4/c1-6-7(2)16-5-9-8(6)4-10(13)12(3,15)11(9)14/h4,9,11,14-15H,5H2,1-3H3/t9-,11-,12+/m1/s1. The third kappa shape index (κ3) is 1.41. The first-order valence-electron chi connectivity index (χ1n) is 5.33. The molecule has 16 heavy (non-hydrogen) atoms. The van der Waals surface area contributed by atoms with Crippen LogP contribution in [0.5, 0.6) is 0 Å². The molecule has 1 aliphatic carbocycles. The number of aliphatic hydroxyl groups excluding tert-OH is 1. The maximum absolute atomic E-state index is 11.7. The lowest BCUT2D eigenvalue weighted by molar-refractivity contribution is -0.150. The maximum atomic E-state index is 11.7. The van der Waals surface area contributed by atoms with Crippen molar-refractivity contribution in [3.8, 4) is 0 Å². The lowest BCUT2D eigenvalue weighted by atomic mass is 9.73. The summed E-state index contributed by atoms with van der Waals surface area (Å²) < 4.78 is 5.41. The number of ether oxygens (including phenoxy) is 1. The van der Waals surface area contributed by atoms with Crippen molar-refractivity contribution in [2.24, 2.45) is 5.92 Å². The van der Waals surface area contributed by atoms with Gasteiger partial charge in [-0.05, 0) is 38.0 Å². The largest absolute Gasteiger partial charge is 0.497 e. The van der Waals surface area contributed by atoms with Gasteiger partial charge in [0.1, 0.15) is 0 Å². The molecule has 0 radical (unpaired) electrons. The number of rotatable bonds is 0. The average molecular weight is 224 g/mol. The fourth-order valence-corrected chi connectivity index (χ4v) is 2.20. The van der Waals surface area contributed by atoms with Gasteiger partial charge in [0, 0.05) is 5.92 Å². The van der Waals surface area contributed by atoms with E-state index in [2.05, 4.69) is 0 Å². The molecule has 0 aromatic heterocycles. The van der Waals surface area contributed by atoms with Crippen molar-refractivity contribution in [1.82, 2.24) is 0 Å². The Morgan fingerprint density at radius 1 is 1.50 bits per heavy atom. The van der Waals surface area contributed by atoms with E-state index in [0.29, 0.717) is 6.61 Å². The highest BCUT2D eigenvalue weighted by atomic mass is 16.5. The summed E-state index contributed by atoms with van der Waals surface area (Å²) in [5.41, 5.74) is -0.0461. The average Bonchev–Trinajstić information content (AvgIpc) is 2.22. The van der Waals surface area contributed by atoms with Crippen LogP contribution in [0.2, 0.25) is 0 Å². The number of hydrogen-bond donors (Lipinski definition) is 2. The third-order valence-electron chi connectivity index (χ3n) is 3.58. The van der Waals surface area contributed by atoms with E-state index in [1.807, 2.05) is 13.8 Å². The first kappa shape index (κ1) is 11.4. The normalized spacial score (nSPS) is 39.1. The molecule has 0 fully saturated rings. The molecule has 0 bridgehead atoms. The van der Waals surface area contributed by atoms with E-state index in [9.17, 15) is 15.0 Å². The van der Waals surface area contributed by atoms with Crippen LogP contribution in [0.1, 0.15) is 20.8 Å². The van der Waals surface area contributed by atoms with Gasteiger partial charge in [-0.25, -0.2) is 0 Å². The Labute approximate surface area is 94.2 Å². The van der Waals surface area contributed by atoms with Gasteiger partial charge in [-0.15, -0.1) is 0 Å². The Morgan fingerprint density at radius 3 is 2.75 bits per heavy atom. The van der Waals surface area contributed by atoms with Gasteiger partial charge in [-0.1, -0.05) is 0 Å². The van der Waals surface area contributed by atoms with Crippen molar-refractivity contribution in [3.63, 3.8) is 0 Å². The number of aliphatic hydroxyl groups is 2. The maximum Gasteiger partial charge on any atom is 0.189 e. The highest BCUT2D eigenvalue weighted by Crippen LogP contribution is 2.38. The smallest absolute Gasteiger partial charge is 0.189 e. The fraction of sp³-hybridized carbons (Fsp3) is 0.583. The van der Waals surface area contributed by atoms with Crippen LogP contribution in [-0.2, 0) is 9.53 Å². The summed E-state index contributed by atoms with van der Waals surface area (Å²) in [5.74, 6) is 0.000688. The number of carbonyl (C=O) groups excluding carboxylic acids is 1. The summed E-state index contributed by atoms with van der Waals surface area (Å²) in [6.07, 6.45) is 0.321. The van der Waals surface area contributed by atoms with Gasteiger partial charge in [0.05, 0.1) is 18.5 Å². The molecule has 3 atom stereocenters. The molecule has 0 saturated carbocycles. The minimum absolute atomic E-state index is 0.305. The van der Waals surface area contributed by atoms with Crippen LogP contribution in [0.3, 0.4) is 0 Å². The predicted octanol–water partition coefficient (Wildman–Crippen LogP) is 0.548. The van der Waals surface area contributed by atoms with E-state index in [0.717, 1.165) is 16.9 Å². The van der Waals surface area contributed by atoms with Crippen molar-refractivity contribution >= 4 is 5.78 Å². The Bertz CT molecular complexity index is 403. The molecule has 0 spiro atoms. The highest BCUT2D eigenvalue weighted by molar-refractivity contribution is 5.99. The zero-order chi connectivity index (χ0) is 12.1. The van der Waals surface area contributed by atoms with E-state index in [4.69, 9.17) is 4.74 Å². The Hall–Kier alpha value is -1.13. The lowest BCUT2D eigenvalue weighted by Gasteiger charge is -2.40. The van der Waals surface area contributed by atoms with Crippen molar-refractivity contribution in [2.75, 3.05) is 6.61 Å². The second-order valence-electron chi connectivity index (χ2n) is 4.65. The van der Waals surface area contributed by atoms with Gasteiger partial charge in [0.25, 0.3) is 0 Å². The molecule has 1 heterocycles. The third-order valence-corrected chi connectivity index (χ3v) is 3.58. The molecule has 4 heteroatoms. The predicted molar refractivity (Wildman–Crippen MR) is 57.5 cm³/mol. The Kier molecular flexibility index (Phi) is 2.44. The van der Waals surface area contributed by atoms with Crippen LogP contribution in [0.4, 0.5) is 0 Å². The summed E-state index contributed by atoms with van der Waals surface area (Å²) in [5, 5.41) is 19.9. The molecule has 0 amide bonds. The van der Waals surface area contributed by atoms with E-state index in [-0.39, 0.29) is 5.92 Å². The SMILES string of the molecule is CC1=C(C)C2=CC(=O)[C@](C)(O)[C@H](O)[C@@H]2CO1. The van der Waals surface area contributed by atoms with Crippen LogP contribution < -0.4 is 0 Å². The zero-order valence-electron chi connectivity index (χ0n) is 9.65. The molecule has 1 aliphatic heterocycles. The van der Waals surface area contributed by atoms with Gasteiger partial charge in [-0.2, -0.15) is 0 Å². The van der Waals surface area contributed by atoms with E-state index >= 15 is 0 Å².